The molecule has 1 amide bonds. The Bertz CT molecular complexity index is 1010. The first kappa shape index (κ1) is 19.1. The second-order valence-electron chi connectivity index (χ2n) is 7.49. The van der Waals surface area contributed by atoms with Gasteiger partial charge in [0.1, 0.15) is 0 Å². The Morgan fingerprint density at radius 2 is 1.83 bits per heavy atom. The van der Waals surface area contributed by atoms with Crippen molar-refractivity contribution >= 4 is 11.7 Å². The van der Waals surface area contributed by atoms with Gasteiger partial charge in [0.25, 0.3) is 0 Å². The molecule has 5 heteroatoms. The van der Waals surface area contributed by atoms with E-state index in [1.54, 1.807) is 0 Å². The number of carbonyl (C=O) groups is 2. The maximum Gasteiger partial charge on any atom is 0.220 e. The molecule has 1 heterocycles. The van der Waals surface area contributed by atoms with Crippen molar-refractivity contribution in [2.45, 2.75) is 38.5 Å². The van der Waals surface area contributed by atoms with Gasteiger partial charge >= 0.3 is 0 Å². The number of aromatic nitrogens is 2. The molecule has 0 unspecified atom stereocenters. The highest BCUT2D eigenvalue weighted by atomic mass is 16.2. The van der Waals surface area contributed by atoms with E-state index in [0.717, 1.165) is 29.7 Å². The van der Waals surface area contributed by atoms with Gasteiger partial charge < -0.3 is 5.32 Å². The molecule has 1 aliphatic rings. The minimum atomic E-state index is -0.0880. The van der Waals surface area contributed by atoms with Gasteiger partial charge in [0.2, 0.25) is 5.91 Å². The highest BCUT2D eigenvalue weighted by molar-refractivity contribution is 5.98. The van der Waals surface area contributed by atoms with Crippen LogP contribution in [0, 0.1) is 0 Å². The summed E-state index contributed by atoms with van der Waals surface area (Å²) in [5.74, 6) is -0.0473. The maximum atomic E-state index is 12.4. The van der Waals surface area contributed by atoms with Crippen LogP contribution >= 0.6 is 0 Å². The lowest BCUT2D eigenvalue weighted by atomic mass is 10.0. The number of carbonyl (C=O) groups excluding carboxylic acids is 2. The summed E-state index contributed by atoms with van der Waals surface area (Å²) in [5, 5.41) is 7.26. The number of nitrogens with one attached hydrogen (secondary N) is 1. The van der Waals surface area contributed by atoms with Gasteiger partial charge in [0.15, 0.2) is 5.78 Å². The standard InChI is InChI=1S/C24H25N3O2/c28-23(21-10-9-19-5-4-6-20(19)15-21)11-12-24(29)25-14-13-18-16-26-27(17-18)22-7-2-1-3-8-22/h1-3,7-10,15-17H,4-6,11-14H2,(H,25,29). The van der Waals surface area contributed by atoms with Crippen molar-refractivity contribution in [2.24, 2.45) is 0 Å². The summed E-state index contributed by atoms with van der Waals surface area (Å²) in [6.45, 7) is 0.534. The zero-order chi connectivity index (χ0) is 20.1. The number of aryl methyl sites for hydroxylation is 2. The highest BCUT2D eigenvalue weighted by Crippen LogP contribution is 2.23. The number of para-hydroxylation sites is 1. The van der Waals surface area contributed by atoms with Gasteiger partial charge in [-0.3, -0.25) is 9.59 Å². The van der Waals surface area contributed by atoms with Crippen LogP contribution in [0.3, 0.4) is 0 Å². The zero-order valence-corrected chi connectivity index (χ0v) is 16.4. The molecule has 0 saturated heterocycles. The Morgan fingerprint density at radius 1 is 1.00 bits per heavy atom. The van der Waals surface area contributed by atoms with Crippen LogP contribution in [0.5, 0.6) is 0 Å². The van der Waals surface area contributed by atoms with Gasteiger partial charge in [-0.15, -0.1) is 0 Å². The average molecular weight is 387 g/mol. The molecule has 1 N–H and O–H groups in total. The summed E-state index contributed by atoms with van der Waals surface area (Å²) in [7, 11) is 0. The van der Waals surface area contributed by atoms with Crippen LogP contribution in [0.1, 0.15) is 46.3 Å². The van der Waals surface area contributed by atoms with E-state index in [2.05, 4.69) is 16.5 Å². The molecule has 0 saturated carbocycles. The van der Waals surface area contributed by atoms with Gasteiger partial charge in [-0.25, -0.2) is 4.68 Å². The molecule has 0 atom stereocenters. The van der Waals surface area contributed by atoms with E-state index in [1.807, 2.05) is 59.5 Å². The first-order chi connectivity index (χ1) is 14.2. The molecular formula is C24H25N3O2. The van der Waals surface area contributed by atoms with E-state index < -0.39 is 0 Å². The fourth-order valence-electron chi connectivity index (χ4n) is 3.76. The number of fused-ring (bicyclic) bond motifs is 1. The molecule has 0 fully saturated rings. The lowest BCUT2D eigenvalue weighted by Crippen LogP contribution is -2.26. The first-order valence-corrected chi connectivity index (χ1v) is 10.2. The van der Waals surface area contributed by atoms with Gasteiger partial charge in [-0.1, -0.05) is 30.3 Å². The Kier molecular flexibility index (Phi) is 5.84. The molecular weight excluding hydrogens is 362 g/mol. The molecule has 29 heavy (non-hydrogen) atoms. The fourth-order valence-corrected chi connectivity index (χ4v) is 3.76. The van der Waals surface area contributed by atoms with E-state index in [9.17, 15) is 9.59 Å². The molecule has 1 aliphatic carbocycles. The summed E-state index contributed by atoms with van der Waals surface area (Å²) in [4.78, 5) is 24.5. The molecule has 4 rings (SSSR count). The largest absolute Gasteiger partial charge is 0.356 e. The first-order valence-electron chi connectivity index (χ1n) is 10.2. The molecule has 0 aliphatic heterocycles. The van der Waals surface area contributed by atoms with Crippen molar-refractivity contribution in [1.82, 2.24) is 15.1 Å². The van der Waals surface area contributed by atoms with Crippen LogP contribution in [0.4, 0.5) is 0 Å². The van der Waals surface area contributed by atoms with E-state index in [0.29, 0.717) is 13.0 Å². The minimum absolute atomic E-state index is 0.0407. The summed E-state index contributed by atoms with van der Waals surface area (Å²) in [6.07, 6.45) is 8.29. The SMILES string of the molecule is O=C(CCC(=O)c1ccc2c(c1)CCC2)NCCc1cnn(-c2ccccc2)c1. The molecule has 5 nitrogen and oxygen atoms in total. The van der Waals surface area contributed by atoms with Crippen LogP contribution in [0.25, 0.3) is 5.69 Å². The second-order valence-corrected chi connectivity index (χ2v) is 7.49. The quantitative estimate of drug-likeness (QED) is 0.600. The summed E-state index contributed by atoms with van der Waals surface area (Å²) in [6, 6.07) is 15.9. The predicted octanol–water partition coefficient (Wildman–Crippen LogP) is 3.68. The van der Waals surface area contributed by atoms with Crippen molar-refractivity contribution in [2.75, 3.05) is 6.54 Å². The third kappa shape index (κ3) is 4.80. The van der Waals surface area contributed by atoms with E-state index in [4.69, 9.17) is 0 Å². The summed E-state index contributed by atoms with van der Waals surface area (Å²) < 4.78 is 1.83. The lowest BCUT2D eigenvalue weighted by molar-refractivity contribution is -0.121. The van der Waals surface area contributed by atoms with Crippen molar-refractivity contribution in [3.63, 3.8) is 0 Å². The number of Topliss-reactive ketones (excluding diaryl/α,β-unsaturated/α-hetero) is 1. The summed E-state index contributed by atoms with van der Waals surface area (Å²) >= 11 is 0. The van der Waals surface area contributed by atoms with Crippen molar-refractivity contribution in [3.05, 3.63) is 83.2 Å². The molecule has 0 radical (unpaired) electrons. The molecule has 2 aromatic carbocycles. The van der Waals surface area contributed by atoms with Crippen molar-refractivity contribution in [1.29, 1.82) is 0 Å². The Morgan fingerprint density at radius 3 is 2.69 bits per heavy atom. The Labute approximate surface area is 170 Å². The molecule has 148 valence electrons. The molecule has 1 aromatic heterocycles. The Hall–Kier alpha value is -3.21. The van der Waals surface area contributed by atoms with Gasteiger partial charge in [-0.05, 0) is 60.6 Å². The zero-order valence-electron chi connectivity index (χ0n) is 16.4. The lowest BCUT2D eigenvalue weighted by Gasteiger charge is -2.06. The van der Waals surface area contributed by atoms with Crippen LogP contribution < -0.4 is 5.32 Å². The van der Waals surface area contributed by atoms with E-state index in [1.165, 1.54) is 17.5 Å². The van der Waals surface area contributed by atoms with Crippen LogP contribution in [-0.2, 0) is 24.1 Å². The third-order valence-electron chi connectivity index (χ3n) is 5.39. The number of hydrogen-bond donors (Lipinski definition) is 1. The molecule has 3 aromatic rings. The van der Waals surface area contributed by atoms with Gasteiger partial charge in [0.05, 0.1) is 11.9 Å². The number of ketones is 1. The fraction of sp³-hybridized carbons (Fsp3) is 0.292. The number of rotatable bonds is 8. The number of amides is 1. The maximum absolute atomic E-state index is 12.4. The predicted molar refractivity (Wildman–Crippen MR) is 112 cm³/mol. The van der Waals surface area contributed by atoms with E-state index in [-0.39, 0.29) is 24.5 Å². The number of nitrogens with zero attached hydrogens (tertiary/aromatic N) is 2. The van der Waals surface area contributed by atoms with Crippen molar-refractivity contribution < 1.29 is 9.59 Å². The van der Waals surface area contributed by atoms with E-state index >= 15 is 0 Å². The van der Waals surface area contributed by atoms with Crippen LogP contribution in [0.15, 0.2) is 60.9 Å². The summed E-state index contributed by atoms with van der Waals surface area (Å²) in [5.41, 5.74) is 5.44. The van der Waals surface area contributed by atoms with Gasteiger partial charge in [0, 0.05) is 31.1 Å². The van der Waals surface area contributed by atoms with Crippen LogP contribution in [0.2, 0.25) is 0 Å². The molecule has 0 bridgehead atoms. The second kappa shape index (κ2) is 8.86. The number of hydrogen-bond acceptors (Lipinski definition) is 3. The smallest absolute Gasteiger partial charge is 0.220 e. The van der Waals surface area contributed by atoms with Crippen molar-refractivity contribution in [3.8, 4) is 5.69 Å². The van der Waals surface area contributed by atoms with Gasteiger partial charge in [-0.2, -0.15) is 5.10 Å². The van der Waals surface area contributed by atoms with Crippen LogP contribution in [-0.4, -0.2) is 28.0 Å². The number of benzene rings is 2. The topological polar surface area (TPSA) is 64.0 Å². The monoisotopic (exact) mass is 387 g/mol. The average Bonchev–Trinajstić information content (AvgIpc) is 3.41. The Balaban J connectivity index is 1.20. The highest BCUT2D eigenvalue weighted by Gasteiger charge is 2.15. The third-order valence-corrected chi connectivity index (χ3v) is 5.39. The molecule has 0 spiro atoms. The minimum Gasteiger partial charge on any atom is -0.356 e. The normalized spacial score (nSPS) is 12.6.